The average molecular weight is 358 g/mol. The summed E-state index contributed by atoms with van der Waals surface area (Å²) in [5.41, 5.74) is -1.25. The Balaban J connectivity index is 2.78. The van der Waals surface area contributed by atoms with Crippen LogP contribution in [0.4, 0.5) is 9.59 Å². The molecule has 0 saturated carbocycles. The van der Waals surface area contributed by atoms with Crippen LogP contribution in [-0.2, 0) is 19.0 Å². The molecular formula is C17H30N2O6. The second-order valence-electron chi connectivity index (χ2n) is 8.18. The fourth-order valence-corrected chi connectivity index (χ4v) is 2.47. The monoisotopic (exact) mass is 358 g/mol. The van der Waals surface area contributed by atoms with Crippen LogP contribution in [-0.4, -0.2) is 60.5 Å². The largest absolute Gasteiger partial charge is 0.469 e. The van der Waals surface area contributed by atoms with Crippen molar-refractivity contribution in [3.8, 4) is 0 Å². The van der Waals surface area contributed by atoms with Gasteiger partial charge in [-0.3, -0.25) is 4.79 Å². The summed E-state index contributed by atoms with van der Waals surface area (Å²) in [6, 6.07) is -0.415. The van der Waals surface area contributed by atoms with Crippen LogP contribution in [0.15, 0.2) is 0 Å². The summed E-state index contributed by atoms with van der Waals surface area (Å²) in [5, 5.41) is 2.74. The van der Waals surface area contributed by atoms with Gasteiger partial charge in [-0.1, -0.05) is 0 Å². The first-order chi connectivity index (χ1) is 11.3. The van der Waals surface area contributed by atoms with E-state index in [4.69, 9.17) is 14.2 Å². The van der Waals surface area contributed by atoms with Gasteiger partial charge in [-0.25, -0.2) is 9.59 Å². The second-order valence-corrected chi connectivity index (χ2v) is 8.18. The Morgan fingerprint density at radius 1 is 1.00 bits per heavy atom. The van der Waals surface area contributed by atoms with Crippen molar-refractivity contribution in [2.45, 2.75) is 65.2 Å². The molecular weight excluding hydrogens is 328 g/mol. The zero-order valence-electron chi connectivity index (χ0n) is 16.2. The molecule has 1 N–H and O–H groups in total. The number of hydrogen-bond donors (Lipinski definition) is 1. The van der Waals surface area contributed by atoms with Gasteiger partial charge in [-0.2, -0.15) is 0 Å². The maximum absolute atomic E-state index is 12.3. The van der Waals surface area contributed by atoms with Gasteiger partial charge < -0.3 is 24.4 Å². The second kappa shape index (κ2) is 7.93. The summed E-state index contributed by atoms with van der Waals surface area (Å²) < 4.78 is 15.3. The summed E-state index contributed by atoms with van der Waals surface area (Å²) in [7, 11) is 1.30. The number of esters is 1. The maximum atomic E-state index is 12.3. The van der Waals surface area contributed by atoms with Gasteiger partial charge in [0.15, 0.2) is 0 Å². The zero-order valence-corrected chi connectivity index (χ0v) is 16.2. The first-order valence-electron chi connectivity index (χ1n) is 8.35. The smallest absolute Gasteiger partial charge is 0.410 e. The molecule has 25 heavy (non-hydrogen) atoms. The highest BCUT2D eigenvalue weighted by molar-refractivity contribution is 5.72. The van der Waals surface area contributed by atoms with Crippen LogP contribution in [0.1, 0.15) is 48.0 Å². The predicted molar refractivity (Wildman–Crippen MR) is 91.1 cm³/mol. The molecule has 1 heterocycles. The van der Waals surface area contributed by atoms with Gasteiger partial charge in [0.2, 0.25) is 0 Å². The first-order valence-corrected chi connectivity index (χ1v) is 8.35. The molecule has 1 aliphatic heterocycles. The Kier molecular flexibility index (Phi) is 6.68. The van der Waals surface area contributed by atoms with Crippen LogP contribution in [0.25, 0.3) is 0 Å². The van der Waals surface area contributed by atoms with Gasteiger partial charge in [0.1, 0.15) is 11.2 Å². The van der Waals surface area contributed by atoms with Crippen molar-refractivity contribution in [3.63, 3.8) is 0 Å². The molecule has 2 unspecified atom stereocenters. The number of carbonyl (C=O) groups excluding carboxylic acids is 3. The van der Waals surface area contributed by atoms with E-state index in [1.807, 2.05) is 0 Å². The van der Waals surface area contributed by atoms with E-state index in [-0.39, 0.29) is 18.9 Å². The number of rotatable bonds is 3. The molecule has 0 aromatic heterocycles. The predicted octanol–water partition coefficient (Wildman–Crippen LogP) is 2.31. The molecule has 2 atom stereocenters. The van der Waals surface area contributed by atoms with Crippen molar-refractivity contribution < 1.29 is 28.6 Å². The first kappa shape index (κ1) is 21.1. The van der Waals surface area contributed by atoms with Gasteiger partial charge in [0.05, 0.1) is 19.6 Å². The summed E-state index contributed by atoms with van der Waals surface area (Å²) in [6.45, 7) is 11.2. The van der Waals surface area contributed by atoms with E-state index in [1.54, 1.807) is 41.5 Å². The highest BCUT2D eigenvalue weighted by Gasteiger charge is 2.39. The minimum Gasteiger partial charge on any atom is -0.469 e. The van der Waals surface area contributed by atoms with Crippen LogP contribution in [0.5, 0.6) is 0 Å². The van der Waals surface area contributed by atoms with E-state index in [0.29, 0.717) is 6.54 Å². The molecule has 0 spiro atoms. The third-order valence-electron chi connectivity index (χ3n) is 3.45. The molecule has 144 valence electrons. The normalized spacial score (nSPS) is 20.8. The summed E-state index contributed by atoms with van der Waals surface area (Å²) in [5.74, 6) is -0.667. The maximum Gasteiger partial charge on any atom is 0.410 e. The van der Waals surface area contributed by atoms with Crippen LogP contribution in [0.3, 0.4) is 0 Å². The van der Waals surface area contributed by atoms with Crippen LogP contribution >= 0.6 is 0 Å². The molecule has 0 aliphatic carbocycles. The minimum atomic E-state index is -0.634. The third-order valence-corrected chi connectivity index (χ3v) is 3.45. The quantitative estimate of drug-likeness (QED) is 0.614. The average Bonchev–Trinajstić information content (AvgIpc) is 2.77. The third kappa shape index (κ3) is 7.62. The van der Waals surface area contributed by atoms with Crippen molar-refractivity contribution >= 4 is 18.2 Å². The van der Waals surface area contributed by atoms with Gasteiger partial charge >= 0.3 is 18.2 Å². The van der Waals surface area contributed by atoms with E-state index in [1.165, 1.54) is 12.0 Å². The number of carbonyl (C=O) groups is 3. The SMILES string of the molecule is COC(=O)CC1CN(C(=O)OC(C)(C)C)CC1NC(=O)OC(C)(C)C. The molecule has 0 aromatic carbocycles. The standard InChI is InChI=1S/C17H30N2O6/c1-16(2,3)24-14(21)18-12-10-19(15(22)25-17(4,5)6)9-11(12)8-13(20)23-7/h11-12H,8-10H2,1-7H3,(H,18,21). The molecule has 1 fully saturated rings. The van der Waals surface area contributed by atoms with E-state index in [0.717, 1.165) is 0 Å². The number of likely N-dealkylation sites (tertiary alicyclic amines) is 1. The molecule has 1 saturated heterocycles. The molecule has 8 heteroatoms. The van der Waals surface area contributed by atoms with Crippen LogP contribution in [0.2, 0.25) is 0 Å². The van der Waals surface area contributed by atoms with E-state index >= 15 is 0 Å². The lowest BCUT2D eigenvalue weighted by Gasteiger charge is -2.25. The topological polar surface area (TPSA) is 94.2 Å². The van der Waals surface area contributed by atoms with Gasteiger partial charge in [0, 0.05) is 19.0 Å². The fourth-order valence-electron chi connectivity index (χ4n) is 2.47. The van der Waals surface area contributed by atoms with E-state index in [2.05, 4.69) is 5.32 Å². The molecule has 0 radical (unpaired) electrons. The highest BCUT2D eigenvalue weighted by atomic mass is 16.6. The van der Waals surface area contributed by atoms with Crippen molar-refractivity contribution in [2.24, 2.45) is 5.92 Å². The summed E-state index contributed by atoms with van der Waals surface area (Å²) in [6.07, 6.45) is -0.967. The van der Waals surface area contributed by atoms with Crippen molar-refractivity contribution in [3.05, 3.63) is 0 Å². The van der Waals surface area contributed by atoms with E-state index < -0.39 is 35.4 Å². The Morgan fingerprint density at radius 2 is 1.56 bits per heavy atom. The summed E-state index contributed by atoms with van der Waals surface area (Å²) in [4.78, 5) is 37.4. The highest BCUT2D eigenvalue weighted by Crippen LogP contribution is 2.23. The number of alkyl carbamates (subject to hydrolysis) is 1. The van der Waals surface area contributed by atoms with Crippen molar-refractivity contribution in [1.82, 2.24) is 10.2 Å². The lowest BCUT2D eigenvalue weighted by Crippen LogP contribution is -2.44. The summed E-state index contributed by atoms with van der Waals surface area (Å²) >= 11 is 0. The van der Waals surface area contributed by atoms with Gasteiger partial charge in [-0.05, 0) is 41.5 Å². The molecule has 1 rings (SSSR count). The van der Waals surface area contributed by atoms with Gasteiger partial charge in [-0.15, -0.1) is 0 Å². The lowest BCUT2D eigenvalue weighted by molar-refractivity contribution is -0.141. The van der Waals surface area contributed by atoms with Crippen molar-refractivity contribution in [2.75, 3.05) is 20.2 Å². The number of methoxy groups -OCH3 is 1. The number of nitrogens with one attached hydrogen (secondary N) is 1. The van der Waals surface area contributed by atoms with Crippen LogP contribution in [0, 0.1) is 5.92 Å². The molecule has 0 aromatic rings. The Morgan fingerprint density at radius 3 is 2.04 bits per heavy atom. The number of nitrogens with zero attached hydrogens (tertiary/aromatic N) is 1. The van der Waals surface area contributed by atoms with Crippen molar-refractivity contribution in [1.29, 1.82) is 0 Å². The Bertz CT molecular complexity index is 506. The lowest BCUT2D eigenvalue weighted by atomic mass is 10.00. The molecule has 8 nitrogen and oxygen atoms in total. The van der Waals surface area contributed by atoms with E-state index in [9.17, 15) is 14.4 Å². The Labute approximate surface area is 149 Å². The minimum absolute atomic E-state index is 0.0935. The van der Waals surface area contributed by atoms with Crippen LogP contribution < -0.4 is 5.32 Å². The molecule has 0 bridgehead atoms. The van der Waals surface area contributed by atoms with Gasteiger partial charge in [0.25, 0.3) is 0 Å². The number of amides is 2. The Hall–Kier alpha value is -1.99. The number of ether oxygens (including phenoxy) is 3. The zero-order chi connectivity index (χ0) is 19.4. The fraction of sp³-hybridized carbons (Fsp3) is 0.824. The molecule has 1 aliphatic rings. The number of hydrogen-bond acceptors (Lipinski definition) is 6. The molecule has 2 amide bonds.